The van der Waals surface area contributed by atoms with Crippen LogP contribution in [0.3, 0.4) is 0 Å². The van der Waals surface area contributed by atoms with E-state index in [0.717, 1.165) is 10.2 Å². The van der Waals surface area contributed by atoms with E-state index >= 15 is 0 Å². The molecule has 1 heterocycles. The van der Waals surface area contributed by atoms with E-state index in [2.05, 4.69) is 45.1 Å². The van der Waals surface area contributed by atoms with Crippen LogP contribution in [-0.4, -0.2) is 24.1 Å². The fraction of sp³-hybridized carbons (Fsp3) is 0.333. The van der Waals surface area contributed by atoms with E-state index in [4.69, 9.17) is 4.74 Å². The molecule has 1 aromatic heterocycles. The number of anilines is 1. The van der Waals surface area contributed by atoms with Gasteiger partial charge >= 0.3 is 0 Å². The number of halogens is 2. The zero-order chi connectivity index (χ0) is 15.6. The fourth-order valence-electron chi connectivity index (χ4n) is 1.94. The van der Waals surface area contributed by atoms with Gasteiger partial charge in [0.1, 0.15) is 5.82 Å². The maximum Gasteiger partial charge on any atom is 0.165 e. The first-order valence-corrected chi connectivity index (χ1v) is 7.36. The molecule has 0 unspecified atom stereocenters. The summed E-state index contributed by atoms with van der Waals surface area (Å²) in [6.45, 7) is 4.11. The predicted molar refractivity (Wildman–Crippen MR) is 85.3 cm³/mol. The maximum absolute atomic E-state index is 13.5. The molecule has 0 aliphatic carbocycles. The molecule has 2 aromatic rings. The minimum atomic E-state index is -0.406. The van der Waals surface area contributed by atoms with Crippen LogP contribution < -0.4 is 10.1 Å². The van der Waals surface area contributed by atoms with Crippen LogP contribution in [0.1, 0.15) is 25.5 Å². The van der Waals surface area contributed by atoms with E-state index in [0.29, 0.717) is 17.2 Å². The summed E-state index contributed by atoms with van der Waals surface area (Å²) in [6, 6.07) is 4.60. The van der Waals surface area contributed by atoms with Crippen LogP contribution in [0.25, 0.3) is 11.4 Å². The van der Waals surface area contributed by atoms with Crippen LogP contribution in [-0.2, 0) is 0 Å². The average Bonchev–Trinajstić information content (AvgIpc) is 2.47. The van der Waals surface area contributed by atoms with Gasteiger partial charge in [0.05, 0.1) is 17.3 Å². The van der Waals surface area contributed by atoms with Gasteiger partial charge in [0.2, 0.25) is 0 Å². The molecule has 2 rings (SSSR count). The smallest absolute Gasteiger partial charge is 0.165 e. The summed E-state index contributed by atoms with van der Waals surface area (Å²) in [5.41, 5.74) is 1.60. The fourth-order valence-corrected chi connectivity index (χ4v) is 2.77. The Morgan fingerprint density at radius 1 is 1.29 bits per heavy atom. The molecule has 0 aliphatic heterocycles. The van der Waals surface area contributed by atoms with Gasteiger partial charge in [0, 0.05) is 12.6 Å². The van der Waals surface area contributed by atoms with Crippen LogP contribution in [0.5, 0.6) is 5.75 Å². The number of ether oxygens (including phenoxy) is 1. The monoisotopic (exact) mass is 353 g/mol. The van der Waals surface area contributed by atoms with Gasteiger partial charge in [-0.05, 0) is 40.0 Å². The Morgan fingerprint density at radius 3 is 2.57 bits per heavy atom. The molecule has 0 aliphatic rings. The van der Waals surface area contributed by atoms with Gasteiger partial charge in [-0.15, -0.1) is 0 Å². The Labute approximate surface area is 131 Å². The predicted octanol–water partition coefficient (Wildman–Crippen LogP) is 4.22. The number of nitrogens with one attached hydrogen (secondary N) is 1. The standard InChI is InChI=1S/C15H17BrFN3O/c1-8(2)13-12(16)15(18-3)20-14(19-13)9-5-6-10(17)11(7-9)21-4/h5-8H,1-4H3,(H,18,19,20). The Hall–Kier alpha value is -1.69. The first-order valence-electron chi connectivity index (χ1n) is 6.57. The minimum Gasteiger partial charge on any atom is -0.494 e. The number of hydrogen-bond donors (Lipinski definition) is 1. The van der Waals surface area contributed by atoms with Crippen LogP contribution in [0.2, 0.25) is 0 Å². The first kappa shape index (κ1) is 15.7. The van der Waals surface area contributed by atoms with Crippen LogP contribution in [0, 0.1) is 5.82 Å². The van der Waals surface area contributed by atoms with Gasteiger partial charge < -0.3 is 10.1 Å². The van der Waals surface area contributed by atoms with Gasteiger partial charge in [-0.1, -0.05) is 13.8 Å². The highest BCUT2D eigenvalue weighted by Gasteiger charge is 2.16. The number of benzene rings is 1. The molecule has 1 aromatic carbocycles. The van der Waals surface area contributed by atoms with Crippen LogP contribution >= 0.6 is 15.9 Å². The molecule has 0 amide bonds. The number of nitrogens with zero attached hydrogens (tertiary/aromatic N) is 2. The van der Waals surface area contributed by atoms with Gasteiger partial charge in [0.15, 0.2) is 17.4 Å². The second kappa shape index (κ2) is 6.39. The van der Waals surface area contributed by atoms with Crippen LogP contribution in [0.15, 0.2) is 22.7 Å². The lowest BCUT2D eigenvalue weighted by Crippen LogP contribution is -2.04. The van der Waals surface area contributed by atoms with Crippen molar-refractivity contribution in [2.45, 2.75) is 19.8 Å². The van der Waals surface area contributed by atoms with Crippen molar-refractivity contribution in [3.63, 3.8) is 0 Å². The van der Waals surface area contributed by atoms with Crippen LogP contribution in [0.4, 0.5) is 10.2 Å². The highest BCUT2D eigenvalue weighted by molar-refractivity contribution is 9.10. The third-order valence-electron chi connectivity index (χ3n) is 3.07. The Morgan fingerprint density at radius 2 is 2.00 bits per heavy atom. The highest BCUT2D eigenvalue weighted by atomic mass is 79.9. The largest absolute Gasteiger partial charge is 0.494 e. The number of hydrogen-bond acceptors (Lipinski definition) is 4. The number of methoxy groups -OCH3 is 1. The normalized spacial score (nSPS) is 10.8. The quantitative estimate of drug-likeness (QED) is 0.893. The van der Waals surface area contributed by atoms with E-state index in [9.17, 15) is 4.39 Å². The molecule has 0 saturated carbocycles. The summed E-state index contributed by atoms with van der Waals surface area (Å²) >= 11 is 3.52. The van der Waals surface area contributed by atoms with E-state index in [1.165, 1.54) is 13.2 Å². The molecule has 6 heteroatoms. The Bertz CT molecular complexity index is 662. The van der Waals surface area contributed by atoms with E-state index in [1.54, 1.807) is 19.2 Å². The lowest BCUT2D eigenvalue weighted by atomic mass is 10.1. The molecule has 0 fully saturated rings. The lowest BCUT2D eigenvalue weighted by Gasteiger charge is -2.14. The van der Waals surface area contributed by atoms with E-state index in [1.807, 2.05) is 0 Å². The Kier molecular flexibility index (Phi) is 4.77. The van der Waals surface area contributed by atoms with Gasteiger partial charge in [-0.25, -0.2) is 14.4 Å². The van der Waals surface area contributed by atoms with Crippen molar-refractivity contribution in [2.24, 2.45) is 0 Å². The maximum atomic E-state index is 13.5. The summed E-state index contributed by atoms with van der Waals surface area (Å²) in [7, 11) is 3.23. The highest BCUT2D eigenvalue weighted by Crippen LogP contribution is 2.32. The van der Waals surface area contributed by atoms with Crippen molar-refractivity contribution < 1.29 is 9.13 Å². The molecule has 4 nitrogen and oxygen atoms in total. The summed E-state index contributed by atoms with van der Waals surface area (Å²) in [5, 5.41) is 3.04. The van der Waals surface area contributed by atoms with Crippen molar-refractivity contribution in [3.05, 3.63) is 34.2 Å². The third-order valence-corrected chi connectivity index (χ3v) is 3.85. The molecule has 0 saturated heterocycles. The molecule has 0 atom stereocenters. The molecule has 1 N–H and O–H groups in total. The van der Waals surface area contributed by atoms with Crippen molar-refractivity contribution in [1.29, 1.82) is 0 Å². The van der Waals surface area contributed by atoms with Gasteiger partial charge in [-0.2, -0.15) is 0 Å². The summed E-state index contributed by atoms with van der Waals surface area (Å²) in [4.78, 5) is 9.04. The van der Waals surface area contributed by atoms with Crippen molar-refractivity contribution >= 4 is 21.7 Å². The summed E-state index contributed by atoms with van der Waals surface area (Å²) < 4.78 is 19.4. The Balaban J connectivity index is 2.61. The molecular formula is C15H17BrFN3O. The first-order chi connectivity index (χ1) is 9.97. The topological polar surface area (TPSA) is 47.0 Å². The van der Waals surface area contributed by atoms with Crippen molar-refractivity contribution in [1.82, 2.24) is 9.97 Å². The molecule has 0 radical (unpaired) electrons. The molecule has 21 heavy (non-hydrogen) atoms. The molecule has 0 spiro atoms. The minimum absolute atomic E-state index is 0.177. The zero-order valence-corrected chi connectivity index (χ0v) is 14.0. The van der Waals surface area contributed by atoms with E-state index in [-0.39, 0.29) is 11.7 Å². The van der Waals surface area contributed by atoms with Crippen molar-refractivity contribution in [2.75, 3.05) is 19.5 Å². The molecular weight excluding hydrogens is 337 g/mol. The number of rotatable bonds is 4. The zero-order valence-electron chi connectivity index (χ0n) is 12.4. The van der Waals surface area contributed by atoms with E-state index < -0.39 is 5.82 Å². The second-order valence-corrected chi connectivity index (χ2v) is 5.64. The summed E-state index contributed by atoms with van der Waals surface area (Å²) in [6.07, 6.45) is 0. The van der Waals surface area contributed by atoms with Crippen molar-refractivity contribution in [3.8, 4) is 17.1 Å². The average molecular weight is 354 g/mol. The van der Waals surface area contributed by atoms with Gasteiger partial charge in [0.25, 0.3) is 0 Å². The lowest BCUT2D eigenvalue weighted by molar-refractivity contribution is 0.386. The number of aromatic nitrogens is 2. The summed E-state index contributed by atoms with van der Waals surface area (Å²) in [5.74, 6) is 1.24. The molecule has 0 bridgehead atoms. The van der Waals surface area contributed by atoms with Gasteiger partial charge in [-0.3, -0.25) is 0 Å². The molecule has 112 valence electrons. The SMILES string of the molecule is CNc1nc(-c2ccc(F)c(OC)c2)nc(C(C)C)c1Br. The third kappa shape index (κ3) is 3.15. The second-order valence-electron chi connectivity index (χ2n) is 4.85.